The van der Waals surface area contributed by atoms with Gasteiger partial charge in [-0.1, -0.05) is 0 Å². The van der Waals surface area contributed by atoms with Gasteiger partial charge in [0.2, 0.25) is 5.91 Å². The van der Waals surface area contributed by atoms with Crippen LogP contribution in [0.1, 0.15) is 33.6 Å². The molecule has 2 aliphatic heterocycles. The summed E-state index contributed by atoms with van der Waals surface area (Å²) in [4.78, 5) is 34.5. The summed E-state index contributed by atoms with van der Waals surface area (Å²) in [6, 6.07) is 0.0466. The van der Waals surface area contributed by atoms with Crippen LogP contribution in [0.25, 0.3) is 0 Å². The fourth-order valence-corrected chi connectivity index (χ4v) is 3.38. The predicted molar refractivity (Wildman–Crippen MR) is 136 cm³/mol. The lowest BCUT2D eigenvalue weighted by molar-refractivity contribution is -0.127. The van der Waals surface area contributed by atoms with E-state index in [4.69, 9.17) is 9.47 Å². The highest BCUT2D eigenvalue weighted by Crippen LogP contribution is 2.15. The minimum absolute atomic E-state index is 0. The maximum Gasteiger partial charge on any atom is 0.410 e. The van der Waals surface area contributed by atoms with Gasteiger partial charge in [-0.3, -0.25) is 9.69 Å². The van der Waals surface area contributed by atoms with E-state index >= 15 is 0 Å². The van der Waals surface area contributed by atoms with Crippen molar-refractivity contribution in [1.82, 2.24) is 25.3 Å². The number of carbonyl (C=O) groups excluding carboxylic acids is 2. The maximum absolute atomic E-state index is 12.4. The second kappa shape index (κ2) is 14.0. The van der Waals surface area contributed by atoms with Crippen LogP contribution in [0.2, 0.25) is 0 Å². The Hall–Kier alpha value is -1.34. The molecule has 1 atom stereocenters. The van der Waals surface area contributed by atoms with E-state index in [1.807, 2.05) is 20.8 Å². The fourth-order valence-electron chi connectivity index (χ4n) is 3.38. The van der Waals surface area contributed by atoms with Gasteiger partial charge in [0.15, 0.2) is 5.96 Å². The Bertz CT molecular complexity index is 620. The molecule has 0 aromatic rings. The van der Waals surface area contributed by atoms with Crippen LogP contribution in [0, 0.1) is 0 Å². The van der Waals surface area contributed by atoms with Crippen molar-refractivity contribution in [2.45, 2.75) is 45.3 Å². The maximum atomic E-state index is 12.4. The molecule has 2 rings (SSSR count). The molecular weight excluding hydrogens is 527 g/mol. The Kier molecular flexibility index (Phi) is 12.6. The summed E-state index contributed by atoms with van der Waals surface area (Å²) in [7, 11) is 3.44. The molecule has 0 aliphatic carbocycles. The van der Waals surface area contributed by atoms with Crippen molar-refractivity contribution >= 4 is 41.9 Å². The number of morpholine rings is 1. The first-order chi connectivity index (χ1) is 14.6. The number of likely N-dealkylation sites (tertiary alicyclic amines) is 1. The molecule has 2 amide bonds. The van der Waals surface area contributed by atoms with Gasteiger partial charge in [-0.15, -0.1) is 24.0 Å². The number of halogens is 1. The Morgan fingerprint density at radius 3 is 2.50 bits per heavy atom. The van der Waals surface area contributed by atoms with Crippen LogP contribution in [-0.2, 0) is 14.3 Å². The number of guanidine groups is 1. The SMILES string of the molecule is CN(C)C(=O)CN=C(NCCN1CCOCC1)NC1CCCN(C(=O)OC(C)(C)C)C1.I. The van der Waals surface area contributed by atoms with Gasteiger partial charge >= 0.3 is 6.09 Å². The second-order valence-corrected chi connectivity index (χ2v) is 9.24. The molecule has 0 radical (unpaired) electrons. The van der Waals surface area contributed by atoms with Crippen molar-refractivity contribution in [1.29, 1.82) is 0 Å². The number of piperidine rings is 1. The van der Waals surface area contributed by atoms with Crippen molar-refractivity contribution in [2.75, 3.05) is 73.1 Å². The number of hydrogen-bond donors (Lipinski definition) is 2. The summed E-state index contributed by atoms with van der Waals surface area (Å²) >= 11 is 0. The zero-order valence-corrected chi connectivity index (χ0v) is 22.5. The lowest BCUT2D eigenvalue weighted by Gasteiger charge is -2.35. The molecule has 0 aromatic carbocycles. The lowest BCUT2D eigenvalue weighted by Crippen LogP contribution is -2.54. The highest BCUT2D eigenvalue weighted by atomic mass is 127. The Labute approximate surface area is 209 Å². The van der Waals surface area contributed by atoms with Crippen LogP contribution >= 0.6 is 24.0 Å². The van der Waals surface area contributed by atoms with E-state index in [2.05, 4.69) is 20.5 Å². The van der Waals surface area contributed by atoms with Crippen molar-refractivity contribution in [3.63, 3.8) is 0 Å². The molecule has 2 heterocycles. The quantitative estimate of drug-likeness (QED) is 0.280. The molecule has 0 spiro atoms. The first-order valence-electron chi connectivity index (χ1n) is 11.2. The standard InChI is InChI=1S/C21H40N6O4.HI/c1-21(2,3)31-20(29)27-9-6-7-17(16-27)24-19(23-15-18(28)25(4)5)22-8-10-26-11-13-30-14-12-26;/h17H,6-16H2,1-5H3,(H2,22,23,24);1H. The van der Waals surface area contributed by atoms with E-state index < -0.39 is 5.60 Å². The topological polar surface area (TPSA) is 98.7 Å². The molecule has 10 nitrogen and oxygen atoms in total. The molecule has 0 bridgehead atoms. The normalized spacial score (nSPS) is 20.2. The lowest BCUT2D eigenvalue weighted by atomic mass is 10.1. The largest absolute Gasteiger partial charge is 0.444 e. The molecule has 2 N–H and O–H groups in total. The van der Waals surface area contributed by atoms with E-state index in [0.717, 1.165) is 45.7 Å². The summed E-state index contributed by atoms with van der Waals surface area (Å²) in [6.45, 7) is 11.9. The average Bonchev–Trinajstić information content (AvgIpc) is 2.71. The van der Waals surface area contributed by atoms with Crippen LogP contribution in [0.15, 0.2) is 4.99 Å². The predicted octanol–water partition coefficient (Wildman–Crippen LogP) is 0.960. The van der Waals surface area contributed by atoms with E-state index in [-0.39, 0.29) is 48.6 Å². The van der Waals surface area contributed by atoms with Crippen molar-refractivity contribution in [2.24, 2.45) is 4.99 Å². The zero-order valence-electron chi connectivity index (χ0n) is 20.2. The highest BCUT2D eigenvalue weighted by Gasteiger charge is 2.28. The first-order valence-corrected chi connectivity index (χ1v) is 11.2. The van der Waals surface area contributed by atoms with Crippen LogP contribution in [-0.4, -0.2) is 117 Å². The number of likely N-dealkylation sites (N-methyl/N-ethyl adjacent to an activating group) is 1. The number of rotatable bonds is 6. The summed E-state index contributed by atoms with van der Waals surface area (Å²) in [6.07, 6.45) is 1.51. The van der Waals surface area contributed by atoms with E-state index in [1.165, 1.54) is 4.90 Å². The number of hydrogen-bond acceptors (Lipinski definition) is 6. The average molecular weight is 569 g/mol. The monoisotopic (exact) mass is 568 g/mol. The molecule has 186 valence electrons. The second-order valence-electron chi connectivity index (χ2n) is 9.24. The van der Waals surface area contributed by atoms with E-state index in [0.29, 0.717) is 25.6 Å². The molecule has 32 heavy (non-hydrogen) atoms. The van der Waals surface area contributed by atoms with Gasteiger partial charge < -0.3 is 29.9 Å². The van der Waals surface area contributed by atoms with Gasteiger partial charge in [-0.05, 0) is 33.6 Å². The van der Waals surface area contributed by atoms with Crippen molar-refractivity contribution in [3.8, 4) is 0 Å². The number of ether oxygens (including phenoxy) is 2. The van der Waals surface area contributed by atoms with Gasteiger partial charge in [0.1, 0.15) is 12.1 Å². The molecule has 0 aromatic heterocycles. The summed E-state index contributed by atoms with van der Waals surface area (Å²) in [5.41, 5.74) is -0.516. The number of aliphatic imine (C=N–C) groups is 1. The molecular formula is C21H41IN6O4. The minimum Gasteiger partial charge on any atom is -0.444 e. The molecule has 2 fully saturated rings. The smallest absolute Gasteiger partial charge is 0.410 e. The Morgan fingerprint density at radius 2 is 1.88 bits per heavy atom. The molecule has 2 aliphatic rings. The highest BCUT2D eigenvalue weighted by molar-refractivity contribution is 14.0. The third-order valence-electron chi connectivity index (χ3n) is 5.11. The minimum atomic E-state index is -0.516. The van der Waals surface area contributed by atoms with Crippen LogP contribution in [0.4, 0.5) is 4.79 Å². The third kappa shape index (κ3) is 11.0. The Balaban J connectivity index is 0.00000512. The summed E-state index contributed by atoms with van der Waals surface area (Å²) in [5.74, 6) is 0.535. The van der Waals surface area contributed by atoms with Gasteiger partial charge in [-0.2, -0.15) is 0 Å². The number of nitrogens with zero attached hydrogens (tertiary/aromatic N) is 4. The molecule has 0 saturated carbocycles. The summed E-state index contributed by atoms with van der Waals surface area (Å²) < 4.78 is 10.9. The van der Waals surface area contributed by atoms with Crippen LogP contribution < -0.4 is 10.6 Å². The molecule has 11 heteroatoms. The van der Waals surface area contributed by atoms with Gasteiger partial charge in [0.05, 0.1) is 13.2 Å². The first kappa shape index (κ1) is 28.7. The van der Waals surface area contributed by atoms with Gasteiger partial charge in [0, 0.05) is 59.4 Å². The van der Waals surface area contributed by atoms with Crippen LogP contribution in [0.3, 0.4) is 0 Å². The molecule has 1 unspecified atom stereocenters. The Morgan fingerprint density at radius 1 is 1.19 bits per heavy atom. The number of nitrogens with one attached hydrogen (secondary N) is 2. The number of amides is 2. The van der Waals surface area contributed by atoms with E-state index in [1.54, 1.807) is 19.0 Å². The summed E-state index contributed by atoms with van der Waals surface area (Å²) in [5, 5.41) is 6.75. The number of carbonyl (C=O) groups is 2. The zero-order chi connectivity index (χ0) is 22.9. The van der Waals surface area contributed by atoms with Crippen LogP contribution in [0.5, 0.6) is 0 Å². The van der Waals surface area contributed by atoms with Gasteiger partial charge in [0.25, 0.3) is 0 Å². The van der Waals surface area contributed by atoms with Gasteiger partial charge in [-0.25, -0.2) is 9.79 Å². The third-order valence-corrected chi connectivity index (χ3v) is 5.11. The van der Waals surface area contributed by atoms with Crippen molar-refractivity contribution < 1.29 is 19.1 Å². The fraction of sp³-hybridized carbons (Fsp3) is 0.857. The van der Waals surface area contributed by atoms with Crippen molar-refractivity contribution in [3.05, 3.63) is 0 Å². The van der Waals surface area contributed by atoms with E-state index in [9.17, 15) is 9.59 Å². The molecule has 2 saturated heterocycles.